The van der Waals surface area contributed by atoms with Gasteiger partial charge in [0, 0.05) is 17.4 Å². The van der Waals surface area contributed by atoms with E-state index in [1.54, 1.807) is 0 Å². The third-order valence-electron chi connectivity index (χ3n) is 2.46. The minimum atomic E-state index is -0.624. The van der Waals surface area contributed by atoms with E-state index in [4.69, 9.17) is 18.0 Å². The molecule has 1 aromatic heterocycles. The first-order valence-electron chi connectivity index (χ1n) is 5.48. The predicted molar refractivity (Wildman–Crippen MR) is 74.4 cm³/mol. The molecule has 0 saturated heterocycles. The number of hydrogen-bond acceptors (Lipinski definition) is 3. The number of hydrogen-bond donors (Lipinski definition) is 2. The van der Waals surface area contributed by atoms with Crippen LogP contribution in [0.25, 0.3) is 0 Å². The van der Waals surface area contributed by atoms with Gasteiger partial charge in [-0.2, -0.15) is 0 Å². The zero-order chi connectivity index (χ0) is 14.7. The lowest BCUT2D eigenvalue weighted by Gasteiger charge is -2.07. The summed E-state index contributed by atoms with van der Waals surface area (Å²) in [6, 6.07) is 4.83. The number of nitrogens with two attached hydrogens (primary N) is 1. The molecule has 0 bridgehead atoms. The van der Waals surface area contributed by atoms with Crippen LogP contribution in [0.15, 0.2) is 36.7 Å². The Balaban J connectivity index is 2.24. The molecule has 0 aliphatic carbocycles. The van der Waals surface area contributed by atoms with E-state index >= 15 is 0 Å². The minimum Gasteiger partial charge on any atom is -0.389 e. The first-order valence-corrected chi connectivity index (χ1v) is 5.89. The second-order valence-electron chi connectivity index (χ2n) is 3.90. The van der Waals surface area contributed by atoms with Gasteiger partial charge in [0.05, 0.1) is 11.8 Å². The highest BCUT2D eigenvalue weighted by molar-refractivity contribution is 7.80. The number of nitrogens with zero attached hydrogens (tertiary/aromatic N) is 1. The predicted octanol–water partition coefficient (Wildman–Crippen LogP) is 2.25. The number of thiocarbonyl (C=S) groups is 1. The zero-order valence-electron chi connectivity index (χ0n) is 10.1. The maximum atomic E-state index is 13.4. The van der Waals surface area contributed by atoms with Gasteiger partial charge in [-0.15, -0.1) is 0 Å². The average molecular weight is 293 g/mol. The third-order valence-corrected chi connectivity index (χ3v) is 2.68. The zero-order valence-corrected chi connectivity index (χ0v) is 10.9. The lowest BCUT2D eigenvalue weighted by molar-refractivity contribution is 0.102. The van der Waals surface area contributed by atoms with Crippen molar-refractivity contribution in [2.24, 2.45) is 5.73 Å². The number of amides is 1. The van der Waals surface area contributed by atoms with Crippen molar-refractivity contribution < 1.29 is 13.6 Å². The largest absolute Gasteiger partial charge is 0.389 e. The molecule has 0 saturated carbocycles. The van der Waals surface area contributed by atoms with Crippen molar-refractivity contribution >= 4 is 28.8 Å². The molecule has 102 valence electrons. The van der Waals surface area contributed by atoms with Crippen molar-refractivity contribution in [2.45, 2.75) is 0 Å². The van der Waals surface area contributed by atoms with Crippen LogP contribution in [-0.2, 0) is 0 Å². The molecule has 4 nitrogen and oxygen atoms in total. The van der Waals surface area contributed by atoms with Gasteiger partial charge < -0.3 is 11.1 Å². The SMILES string of the molecule is NC(=S)c1cc(NC(=O)c2cncc(F)c2)ccc1F. The molecule has 7 heteroatoms. The molecule has 20 heavy (non-hydrogen) atoms. The van der Waals surface area contributed by atoms with Crippen molar-refractivity contribution in [1.82, 2.24) is 4.98 Å². The van der Waals surface area contributed by atoms with Gasteiger partial charge in [0.2, 0.25) is 0 Å². The number of benzene rings is 1. The Labute approximate surface area is 118 Å². The van der Waals surface area contributed by atoms with E-state index in [0.717, 1.165) is 18.3 Å². The van der Waals surface area contributed by atoms with Crippen LogP contribution in [0.3, 0.4) is 0 Å². The van der Waals surface area contributed by atoms with Gasteiger partial charge in [-0.3, -0.25) is 9.78 Å². The van der Waals surface area contributed by atoms with Crippen LogP contribution in [0.5, 0.6) is 0 Å². The Bertz CT molecular complexity index is 691. The molecule has 2 aromatic rings. The lowest BCUT2D eigenvalue weighted by Crippen LogP contribution is -2.15. The highest BCUT2D eigenvalue weighted by Gasteiger charge is 2.10. The molecule has 1 aromatic carbocycles. The quantitative estimate of drug-likeness (QED) is 0.852. The van der Waals surface area contributed by atoms with Crippen molar-refractivity contribution in [3.63, 3.8) is 0 Å². The van der Waals surface area contributed by atoms with Gasteiger partial charge in [0.15, 0.2) is 0 Å². The summed E-state index contributed by atoms with van der Waals surface area (Å²) < 4.78 is 26.4. The smallest absolute Gasteiger partial charge is 0.257 e. The van der Waals surface area contributed by atoms with E-state index in [1.807, 2.05) is 0 Å². The topological polar surface area (TPSA) is 68.0 Å². The van der Waals surface area contributed by atoms with Gasteiger partial charge in [-0.1, -0.05) is 12.2 Å². The summed E-state index contributed by atoms with van der Waals surface area (Å²) in [5.41, 5.74) is 5.73. The van der Waals surface area contributed by atoms with Crippen LogP contribution in [-0.4, -0.2) is 15.9 Å². The van der Waals surface area contributed by atoms with Crippen LogP contribution < -0.4 is 11.1 Å². The number of nitrogens with one attached hydrogen (secondary N) is 1. The van der Waals surface area contributed by atoms with Gasteiger partial charge in [0.25, 0.3) is 5.91 Å². The number of carbonyl (C=O) groups excluding carboxylic acids is 1. The molecule has 0 aliphatic rings. The maximum absolute atomic E-state index is 13.4. The average Bonchev–Trinajstić information content (AvgIpc) is 2.40. The standard InChI is InChI=1S/C13H9F2N3OS/c14-8-3-7(5-17-6-8)13(19)18-9-1-2-11(15)10(4-9)12(16)20/h1-6H,(H2,16,20)(H,18,19). The second-order valence-corrected chi connectivity index (χ2v) is 4.34. The van der Waals surface area contributed by atoms with Crippen molar-refractivity contribution in [3.05, 3.63) is 59.4 Å². The fraction of sp³-hybridized carbons (Fsp3) is 0. The van der Waals surface area contributed by atoms with E-state index in [0.29, 0.717) is 5.69 Å². The number of pyridine rings is 1. The molecule has 0 spiro atoms. The first-order chi connectivity index (χ1) is 9.47. The van der Waals surface area contributed by atoms with Crippen molar-refractivity contribution in [2.75, 3.05) is 5.32 Å². The molecule has 0 aliphatic heterocycles. The summed E-state index contributed by atoms with van der Waals surface area (Å²) in [7, 11) is 0. The lowest BCUT2D eigenvalue weighted by atomic mass is 10.1. The fourth-order valence-electron chi connectivity index (χ4n) is 1.53. The monoisotopic (exact) mass is 293 g/mol. The molecule has 1 amide bonds. The number of rotatable bonds is 3. The van der Waals surface area contributed by atoms with Crippen LogP contribution in [0, 0.1) is 11.6 Å². The highest BCUT2D eigenvalue weighted by Crippen LogP contribution is 2.16. The van der Waals surface area contributed by atoms with E-state index in [-0.39, 0.29) is 16.1 Å². The number of anilines is 1. The number of carbonyl (C=O) groups is 1. The van der Waals surface area contributed by atoms with Gasteiger partial charge in [-0.25, -0.2) is 8.78 Å². The Morgan fingerprint density at radius 3 is 2.65 bits per heavy atom. The van der Waals surface area contributed by atoms with Crippen molar-refractivity contribution in [1.29, 1.82) is 0 Å². The Morgan fingerprint density at radius 1 is 1.25 bits per heavy atom. The third kappa shape index (κ3) is 3.12. The van der Waals surface area contributed by atoms with Crippen LogP contribution in [0.4, 0.5) is 14.5 Å². The van der Waals surface area contributed by atoms with E-state index in [9.17, 15) is 13.6 Å². The Hall–Kier alpha value is -2.41. The summed E-state index contributed by atoms with van der Waals surface area (Å²) in [5, 5.41) is 2.48. The summed E-state index contributed by atoms with van der Waals surface area (Å²) in [4.78, 5) is 15.3. The highest BCUT2D eigenvalue weighted by atomic mass is 32.1. The van der Waals surface area contributed by atoms with Gasteiger partial charge in [0.1, 0.15) is 16.6 Å². The second kappa shape index (κ2) is 5.70. The minimum absolute atomic E-state index is 0.0233. The molecule has 2 rings (SSSR count). The molecule has 1 heterocycles. The number of halogens is 2. The van der Waals surface area contributed by atoms with Crippen molar-refractivity contribution in [3.8, 4) is 0 Å². The Kier molecular flexibility index (Phi) is 3.99. The number of aromatic nitrogens is 1. The van der Waals surface area contributed by atoms with Gasteiger partial charge >= 0.3 is 0 Å². The van der Waals surface area contributed by atoms with E-state index < -0.39 is 17.5 Å². The molecule has 0 radical (unpaired) electrons. The van der Waals surface area contributed by atoms with Crippen LogP contribution in [0.1, 0.15) is 15.9 Å². The van der Waals surface area contributed by atoms with Crippen LogP contribution >= 0.6 is 12.2 Å². The maximum Gasteiger partial charge on any atom is 0.257 e. The summed E-state index contributed by atoms with van der Waals surface area (Å²) in [6.07, 6.45) is 2.20. The molecular weight excluding hydrogens is 284 g/mol. The van der Waals surface area contributed by atoms with Gasteiger partial charge in [-0.05, 0) is 24.3 Å². The summed E-state index contributed by atoms with van der Waals surface area (Å²) >= 11 is 4.70. The van der Waals surface area contributed by atoms with E-state index in [2.05, 4.69) is 10.3 Å². The summed E-state index contributed by atoms with van der Waals surface area (Å²) in [5.74, 6) is -1.78. The first kappa shape index (κ1) is 14.0. The molecule has 0 atom stereocenters. The Morgan fingerprint density at radius 2 is 2.00 bits per heavy atom. The summed E-state index contributed by atoms with van der Waals surface area (Å²) in [6.45, 7) is 0. The normalized spacial score (nSPS) is 10.1. The molecule has 3 N–H and O–H groups in total. The molecule has 0 unspecified atom stereocenters. The fourth-order valence-corrected chi connectivity index (χ4v) is 1.69. The van der Waals surface area contributed by atoms with E-state index in [1.165, 1.54) is 18.3 Å². The molecule has 0 fully saturated rings. The molecular formula is C13H9F2N3OS. The van der Waals surface area contributed by atoms with Crippen LogP contribution in [0.2, 0.25) is 0 Å².